The molecule has 0 aromatic rings. The normalized spacial score (nSPS) is 11.3. The van der Waals surface area contributed by atoms with E-state index in [1.807, 2.05) is 0 Å². The molecule has 0 unspecified atom stereocenters. The predicted molar refractivity (Wildman–Crippen MR) is 93.3 cm³/mol. The molecule has 0 radical (unpaired) electrons. The number of hydrogen-bond donors (Lipinski definition) is 1. The van der Waals surface area contributed by atoms with Crippen molar-refractivity contribution < 1.29 is 4.79 Å². The summed E-state index contributed by atoms with van der Waals surface area (Å²) in [5.41, 5.74) is 5.11. The number of unbranched alkanes of at least 4 members (excludes halogenated alkanes) is 12. The summed E-state index contributed by atoms with van der Waals surface area (Å²) in [6.07, 6.45) is 23.4. The number of nitrogens with two attached hydrogens (primary N) is 1. The molecule has 21 heavy (non-hydrogen) atoms. The molecule has 0 aromatic heterocycles. The standard InChI is InChI=1S/C19H37NO/c1-2-3-4-5-6-7-8-9-10-11-12-13-14-15-16-17-18-19(20)21/h10-11H,2-9,12-18H2,1H3,(H2,20,21)/b11-10-. The molecule has 0 bridgehead atoms. The average molecular weight is 296 g/mol. The van der Waals surface area contributed by atoms with Crippen molar-refractivity contribution in [2.75, 3.05) is 0 Å². The summed E-state index contributed by atoms with van der Waals surface area (Å²) in [6.45, 7) is 2.27. The fourth-order valence-corrected chi connectivity index (χ4v) is 2.55. The molecule has 0 heterocycles. The lowest BCUT2D eigenvalue weighted by Gasteiger charge is -1.99. The Balaban J connectivity index is 3.07. The van der Waals surface area contributed by atoms with Crippen LogP contribution in [0.1, 0.15) is 103 Å². The Kier molecular flexibility index (Phi) is 16.6. The Morgan fingerprint density at radius 3 is 1.62 bits per heavy atom. The molecule has 0 aliphatic carbocycles. The molecule has 2 heteroatoms. The largest absolute Gasteiger partial charge is 0.370 e. The van der Waals surface area contributed by atoms with Crippen LogP contribution in [0.25, 0.3) is 0 Å². The Morgan fingerprint density at radius 1 is 0.714 bits per heavy atom. The van der Waals surface area contributed by atoms with Crippen molar-refractivity contribution in [2.24, 2.45) is 5.73 Å². The highest BCUT2D eigenvalue weighted by Gasteiger charge is 1.94. The average Bonchev–Trinajstić information content (AvgIpc) is 2.46. The lowest BCUT2D eigenvalue weighted by atomic mass is 10.1. The van der Waals surface area contributed by atoms with E-state index in [2.05, 4.69) is 19.1 Å². The summed E-state index contributed by atoms with van der Waals surface area (Å²) in [7, 11) is 0. The van der Waals surface area contributed by atoms with E-state index in [0.717, 1.165) is 12.8 Å². The van der Waals surface area contributed by atoms with Crippen molar-refractivity contribution in [3.63, 3.8) is 0 Å². The lowest BCUT2D eigenvalue weighted by Crippen LogP contribution is -2.09. The summed E-state index contributed by atoms with van der Waals surface area (Å²) >= 11 is 0. The molecular weight excluding hydrogens is 258 g/mol. The van der Waals surface area contributed by atoms with Gasteiger partial charge in [0.25, 0.3) is 0 Å². The van der Waals surface area contributed by atoms with Gasteiger partial charge in [-0.15, -0.1) is 0 Å². The van der Waals surface area contributed by atoms with Crippen LogP contribution in [0.5, 0.6) is 0 Å². The minimum atomic E-state index is -0.164. The molecule has 0 fully saturated rings. The van der Waals surface area contributed by atoms with Gasteiger partial charge in [-0.2, -0.15) is 0 Å². The van der Waals surface area contributed by atoms with E-state index in [1.165, 1.54) is 77.0 Å². The number of rotatable bonds is 16. The molecule has 1 amide bonds. The highest BCUT2D eigenvalue weighted by Crippen LogP contribution is 2.10. The SMILES string of the molecule is CCCCCCCCC/C=C\CCCCCCCC(N)=O. The van der Waals surface area contributed by atoms with Crippen LogP contribution in [0.4, 0.5) is 0 Å². The van der Waals surface area contributed by atoms with Gasteiger partial charge in [-0.25, -0.2) is 0 Å². The van der Waals surface area contributed by atoms with Gasteiger partial charge in [0.1, 0.15) is 0 Å². The quantitative estimate of drug-likeness (QED) is 0.279. The smallest absolute Gasteiger partial charge is 0.217 e. The van der Waals surface area contributed by atoms with Crippen LogP contribution in [0.3, 0.4) is 0 Å². The highest BCUT2D eigenvalue weighted by atomic mass is 16.1. The Morgan fingerprint density at radius 2 is 1.14 bits per heavy atom. The van der Waals surface area contributed by atoms with E-state index >= 15 is 0 Å². The van der Waals surface area contributed by atoms with E-state index in [4.69, 9.17) is 5.73 Å². The van der Waals surface area contributed by atoms with E-state index in [0.29, 0.717) is 6.42 Å². The lowest BCUT2D eigenvalue weighted by molar-refractivity contribution is -0.118. The summed E-state index contributed by atoms with van der Waals surface area (Å²) < 4.78 is 0. The highest BCUT2D eigenvalue weighted by molar-refractivity contribution is 5.73. The van der Waals surface area contributed by atoms with Gasteiger partial charge in [-0.1, -0.05) is 76.9 Å². The van der Waals surface area contributed by atoms with Crippen molar-refractivity contribution in [1.29, 1.82) is 0 Å². The number of carbonyl (C=O) groups is 1. The number of allylic oxidation sites excluding steroid dienone is 2. The van der Waals surface area contributed by atoms with Crippen LogP contribution in [0.15, 0.2) is 12.2 Å². The predicted octanol–water partition coefficient (Wildman–Crippen LogP) is 5.90. The minimum Gasteiger partial charge on any atom is -0.370 e. The molecule has 0 aliphatic rings. The van der Waals surface area contributed by atoms with Crippen LogP contribution in [0.2, 0.25) is 0 Å². The van der Waals surface area contributed by atoms with E-state index in [-0.39, 0.29) is 5.91 Å². The van der Waals surface area contributed by atoms with Gasteiger partial charge >= 0.3 is 0 Å². The monoisotopic (exact) mass is 295 g/mol. The number of amides is 1. The third kappa shape index (κ3) is 19.2. The van der Waals surface area contributed by atoms with Crippen LogP contribution in [-0.4, -0.2) is 5.91 Å². The van der Waals surface area contributed by atoms with Crippen molar-refractivity contribution in [1.82, 2.24) is 0 Å². The maximum absolute atomic E-state index is 10.6. The Hall–Kier alpha value is -0.790. The number of carbonyl (C=O) groups excluding carboxylic acids is 1. The van der Waals surface area contributed by atoms with Crippen molar-refractivity contribution in [2.45, 2.75) is 103 Å². The fraction of sp³-hybridized carbons (Fsp3) is 0.842. The second kappa shape index (κ2) is 17.3. The van der Waals surface area contributed by atoms with Crippen molar-refractivity contribution in [3.8, 4) is 0 Å². The first-order valence-corrected chi connectivity index (χ1v) is 9.20. The van der Waals surface area contributed by atoms with Crippen LogP contribution >= 0.6 is 0 Å². The molecule has 2 nitrogen and oxygen atoms in total. The molecule has 0 saturated heterocycles. The van der Waals surface area contributed by atoms with E-state index in [1.54, 1.807) is 0 Å². The molecule has 124 valence electrons. The van der Waals surface area contributed by atoms with Crippen LogP contribution in [-0.2, 0) is 4.79 Å². The van der Waals surface area contributed by atoms with Gasteiger partial charge in [-0.05, 0) is 32.1 Å². The molecule has 0 spiro atoms. The van der Waals surface area contributed by atoms with Crippen LogP contribution in [0, 0.1) is 0 Å². The summed E-state index contributed by atoms with van der Waals surface area (Å²) in [4.78, 5) is 10.6. The third-order valence-electron chi connectivity index (χ3n) is 3.93. The van der Waals surface area contributed by atoms with Gasteiger partial charge in [0.2, 0.25) is 5.91 Å². The van der Waals surface area contributed by atoms with Gasteiger partial charge in [0.05, 0.1) is 0 Å². The summed E-state index contributed by atoms with van der Waals surface area (Å²) in [6, 6.07) is 0. The second-order valence-electron chi connectivity index (χ2n) is 6.15. The zero-order valence-electron chi connectivity index (χ0n) is 14.2. The van der Waals surface area contributed by atoms with Crippen molar-refractivity contribution in [3.05, 3.63) is 12.2 Å². The number of primary amides is 1. The third-order valence-corrected chi connectivity index (χ3v) is 3.93. The van der Waals surface area contributed by atoms with Gasteiger partial charge in [0, 0.05) is 6.42 Å². The molecule has 0 aromatic carbocycles. The Bertz CT molecular complexity index is 248. The van der Waals surface area contributed by atoms with Gasteiger partial charge < -0.3 is 5.73 Å². The minimum absolute atomic E-state index is 0.164. The first kappa shape index (κ1) is 20.2. The molecule has 0 rings (SSSR count). The molecule has 0 atom stereocenters. The zero-order valence-corrected chi connectivity index (χ0v) is 14.2. The van der Waals surface area contributed by atoms with Gasteiger partial charge in [0.15, 0.2) is 0 Å². The summed E-state index contributed by atoms with van der Waals surface area (Å²) in [5.74, 6) is -0.164. The topological polar surface area (TPSA) is 43.1 Å². The second-order valence-corrected chi connectivity index (χ2v) is 6.15. The first-order valence-electron chi connectivity index (χ1n) is 9.20. The zero-order chi connectivity index (χ0) is 15.6. The van der Waals surface area contributed by atoms with E-state index < -0.39 is 0 Å². The Labute approximate surface area is 132 Å². The van der Waals surface area contributed by atoms with Crippen LogP contribution < -0.4 is 5.73 Å². The maximum Gasteiger partial charge on any atom is 0.217 e. The molecule has 0 saturated carbocycles. The summed E-state index contributed by atoms with van der Waals surface area (Å²) in [5, 5.41) is 0. The molecule has 2 N–H and O–H groups in total. The van der Waals surface area contributed by atoms with Gasteiger partial charge in [-0.3, -0.25) is 4.79 Å². The fourth-order valence-electron chi connectivity index (χ4n) is 2.55. The first-order chi connectivity index (χ1) is 10.3. The molecular formula is C19H37NO. The molecule has 0 aliphatic heterocycles. The number of hydrogen-bond acceptors (Lipinski definition) is 1. The maximum atomic E-state index is 10.6. The van der Waals surface area contributed by atoms with Crippen molar-refractivity contribution >= 4 is 5.91 Å². The van der Waals surface area contributed by atoms with E-state index in [9.17, 15) is 4.79 Å².